The van der Waals surface area contributed by atoms with Gasteiger partial charge in [0.1, 0.15) is 11.5 Å². The number of amides is 1. The number of aryl methyl sites for hydroxylation is 1. The van der Waals surface area contributed by atoms with E-state index in [1.54, 1.807) is 31.3 Å². The fourth-order valence-electron chi connectivity index (χ4n) is 2.80. The number of nitrogens with one attached hydrogen (secondary N) is 1. The summed E-state index contributed by atoms with van der Waals surface area (Å²) in [5.74, 6) is 0.703. The van der Waals surface area contributed by atoms with Crippen LogP contribution >= 0.6 is 35.0 Å². The number of halogens is 2. The Labute approximate surface area is 181 Å². The minimum absolute atomic E-state index is 0.0949. The maximum atomic E-state index is 12.5. The molecule has 0 spiro atoms. The zero-order valence-electron chi connectivity index (χ0n) is 15.9. The van der Waals surface area contributed by atoms with E-state index in [1.165, 1.54) is 36.6 Å². The number of carbonyl (C=O) groups is 1. The van der Waals surface area contributed by atoms with Crippen LogP contribution in [0.2, 0.25) is 10.0 Å². The highest BCUT2D eigenvalue weighted by Gasteiger charge is 2.14. The van der Waals surface area contributed by atoms with Crippen molar-refractivity contribution >= 4 is 57.5 Å². The molecule has 0 bridgehead atoms. The highest BCUT2D eigenvalue weighted by molar-refractivity contribution is 8.00. The lowest BCUT2D eigenvalue weighted by atomic mass is 10.2. The summed E-state index contributed by atoms with van der Waals surface area (Å²) in [6.07, 6.45) is 0. The third kappa shape index (κ3) is 4.63. The maximum Gasteiger partial charge on any atom is 0.251 e. The largest absolute Gasteiger partial charge is 0.495 e. The first-order valence-corrected chi connectivity index (χ1v) is 10.2. The number of ether oxygens (including phenoxy) is 2. The summed E-state index contributed by atoms with van der Waals surface area (Å²) >= 11 is 13.5. The zero-order valence-corrected chi connectivity index (χ0v) is 18.2. The van der Waals surface area contributed by atoms with Gasteiger partial charge in [-0.3, -0.25) is 9.59 Å². The standard InChI is InChI=1S/C20H18Cl2N2O4S/c1-24-15-6-11(21)4-5-12(15)18(9-20(24)26)29-10-19(25)23-14-7-13(22)16(27-2)8-17(14)28-3/h4-9H,10H2,1-3H3,(H,23,25). The van der Waals surface area contributed by atoms with E-state index >= 15 is 0 Å². The summed E-state index contributed by atoms with van der Waals surface area (Å²) in [5.41, 5.74) is 0.965. The van der Waals surface area contributed by atoms with Crippen molar-refractivity contribution < 1.29 is 14.3 Å². The van der Waals surface area contributed by atoms with E-state index in [1.807, 2.05) is 6.07 Å². The predicted octanol–water partition coefficient (Wildman–Crippen LogP) is 4.59. The Bertz CT molecular complexity index is 1150. The van der Waals surface area contributed by atoms with Crippen molar-refractivity contribution in [1.82, 2.24) is 4.57 Å². The molecular weight excluding hydrogens is 435 g/mol. The second-order valence-electron chi connectivity index (χ2n) is 6.09. The first-order chi connectivity index (χ1) is 13.8. The molecule has 9 heteroatoms. The molecule has 1 heterocycles. The van der Waals surface area contributed by atoms with E-state index in [0.29, 0.717) is 37.6 Å². The molecule has 0 aliphatic carbocycles. The van der Waals surface area contributed by atoms with Gasteiger partial charge in [-0.2, -0.15) is 0 Å². The number of pyridine rings is 1. The smallest absolute Gasteiger partial charge is 0.251 e. The second kappa shape index (κ2) is 8.98. The van der Waals surface area contributed by atoms with Crippen molar-refractivity contribution in [2.75, 3.05) is 25.3 Å². The molecule has 3 aromatic rings. The maximum absolute atomic E-state index is 12.5. The molecule has 1 N–H and O–H groups in total. The fraction of sp³-hybridized carbons (Fsp3) is 0.200. The number of hydrogen-bond acceptors (Lipinski definition) is 5. The Morgan fingerprint density at radius 2 is 1.83 bits per heavy atom. The number of anilines is 1. The number of aromatic nitrogens is 1. The van der Waals surface area contributed by atoms with Crippen LogP contribution in [-0.4, -0.2) is 30.4 Å². The average molecular weight is 453 g/mol. The van der Waals surface area contributed by atoms with Crippen LogP contribution in [0.1, 0.15) is 0 Å². The Kier molecular flexibility index (Phi) is 6.62. The van der Waals surface area contributed by atoms with Gasteiger partial charge in [-0.25, -0.2) is 0 Å². The van der Waals surface area contributed by atoms with E-state index in [9.17, 15) is 9.59 Å². The molecule has 0 radical (unpaired) electrons. The third-order valence-corrected chi connectivity index (χ3v) is 5.86. The summed E-state index contributed by atoms with van der Waals surface area (Å²) < 4.78 is 12.0. The van der Waals surface area contributed by atoms with Crippen LogP contribution in [0.3, 0.4) is 0 Å². The minimum atomic E-state index is -0.266. The lowest BCUT2D eigenvalue weighted by Gasteiger charge is -2.13. The van der Waals surface area contributed by atoms with Gasteiger partial charge in [-0.15, -0.1) is 11.8 Å². The molecule has 0 saturated carbocycles. The van der Waals surface area contributed by atoms with Crippen molar-refractivity contribution in [3.8, 4) is 11.5 Å². The molecule has 1 amide bonds. The molecule has 0 aliphatic heterocycles. The Morgan fingerprint density at radius 1 is 1.10 bits per heavy atom. The van der Waals surface area contributed by atoms with E-state index < -0.39 is 0 Å². The molecule has 0 saturated heterocycles. The Hall–Kier alpha value is -2.35. The first-order valence-electron chi connectivity index (χ1n) is 8.47. The van der Waals surface area contributed by atoms with E-state index in [4.69, 9.17) is 32.7 Å². The van der Waals surface area contributed by atoms with Crippen molar-refractivity contribution in [3.05, 3.63) is 56.8 Å². The molecule has 152 valence electrons. The minimum Gasteiger partial charge on any atom is -0.495 e. The van der Waals surface area contributed by atoms with Crippen LogP contribution in [0, 0.1) is 0 Å². The van der Waals surface area contributed by atoms with Gasteiger partial charge in [0.15, 0.2) is 0 Å². The van der Waals surface area contributed by atoms with Gasteiger partial charge in [0, 0.05) is 34.5 Å². The molecule has 0 aliphatic rings. The van der Waals surface area contributed by atoms with Gasteiger partial charge in [-0.05, 0) is 18.2 Å². The normalized spacial score (nSPS) is 10.8. The van der Waals surface area contributed by atoms with Crippen LogP contribution in [0.15, 0.2) is 46.1 Å². The summed E-state index contributed by atoms with van der Waals surface area (Å²) in [7, 11) is 4.67. The molecule has 0 unspecified atom stereocenters. The SMILES string of the molecule is COc1cc(OC)c(NC(=O)CSc2cc(=O)n(C)c3cc(Cl)ccc23)cc1Cl. The average Bonchev–Trinajstić information content (AvgIpc) is 2.70. The molecule has 29 heavy (non-hydrogen) atoms. The fourth-order valence-corrected chi connectivity index (χ4v) is 4.08. The van der Waals surface area contributed by atoms with Crippen molar-refractivity contribution in [2.45, 2.75) is 4.90 Å². The third-order valence-electron chi connectivity index (χ3n) is 4.28. The Morgan fingerprint density at radius 3 is 2.52 bits per heavy atom. The summed E-state index contributed by atoms with van der Waals surface area (Å²) in [6.45, 7) is 0. The number of carbonyl (C=O) groups excluding carboxylic acids is 1. The van der Waals surface area contributed by atoms with Crippen LogP contribution in [0.5, 0.6) is 11.5 Å². The summed E-state index contributed by atoms with van der Waals surface area (Å²) in [6, 6.07) is 10.00. The van der Waals surface area contributed by atoms with Crippen LogP contribution < -0.4 is 20.3 Å². The monoisotopic (exact) mass is 452 g/mol. The number of hydrogen-bond donors (Lipinski definition) is 1. The first kappa shape index (κ1) is 21.4. The van der Waals surface area contributed by atoms with Crippen molar-refractivity contribution in [3.63, 3.8) is 0 Å². The second-order valence-corrected chi connectivity index (χ2v) is 7.95. The summed E-state index contributed by atoms with van der Waals surface area (Å²) in [4.78, 5) is 25.4. The molecule has 2 aromatic carbocycles. The number of thioether (sulfide) groups is 1. The van der Waals surface area contributed by atoms with Gasteiger partial charge in [-0.1, -0.05) is 29.3 Å². The number of fused-ring (bicyclic) bond motifs is 1. The zero-order chi connectivity index (χ0) is 21.1. The molecule has 1 aromatic heterocycles. The van der Waals surface area contributed by atoms with Gasteiger partial charge < -0.3 is 19.4 Å². The predicted molar refractivity (Wildman–Crippen MR) is 118 cm³/mol. The van der Waals surface area contributed by atoms with Crippen molar-refractivity contribution in [2.24, 2.45) is 7.05 Å². The molecule has 0 atom stereocenters. The van der Waals surface area contributed by atoms with E-state index in [2.05, 4.69) is 5.32 Å². The lowest BCUT2D eigenvalue weighted by Crippen LogP contribution is -2.17. The van der Waals surface area contributed by atoms with Crippen molar-refractivity contribution in [1.29, 1.82) is 0 Å². The molecule has 3 rings (SSSR count). The molecular formula is C20H18Cl2N2O4S. The van der Waals surface area contributed by atoms with Gasteiger partial charge >= 0.3 is 0 Å². The highest BCUT2D eigenvalue weighted by atomic mass is 35.5. The van der Waals surface area contributed by atoms with Gasteiger partial charge in [0.05, 0.1) is 36.2 Å². The van der Waals surface area contributed by atoms with Gasteiger partial charge in [0.25, 0.3) is 5.56 Å². The van der Waals surface area contributed by atoms with Crippen LogP contribution in [0.4, 0.5) is 5.69 Å². The number of methoxy groups -OCH3 is 2. The number of benzene rings is 2. The van der Waals surface area contributed by atoms with E-state index in [0.717, 1.165) is 5.39 Å². The number of rotatable bonds is 6. The highest BCUT2D eigenvalue weighted by Crippen LogP contribution is 2.36. The quantitative estimate of drug-likeness (QED) is 0.553. The number of nitrogens with zero attached hydrogens (tertiary/aromatic N) is 1. The Balaban J connectivity index is 1.81. The van der Waals surface area contributed by atoms with Gasteiger partial charge in [0.2, 0.25) is 5.91 Å². The lowest BCUT2D eigenvalue weighted by molar-refractivity contribution is -0.113. The molecule has 6 nitrogen and oxygen atoms in total. The topological polar surface area (TPSA) is 69.6 Å². The van der Waals surface area contributed by atoms with E-state index in [-0.39, 0.29) is 17.2 Å². The molecule has 0 fully saturated rings. The van der Waals surface area contributed by atoms with Crippen LogP contribution in [0.25, 0.3) is 10.9 Å². The summed E-state index contributed by atoms with van der Waals surface area (Å²) in [5, 5.41) is 4.51. The van der Waals surface area contributed by atoms with Crippen LogP contribution in [-0.2, 0) is 11.8 Å².